The highest BCUT2D eigenvalue weighted by molar-refractivity contribution is 7.89. The Morgan fingerprint density at radius 1 is 1.08 bits per heavy atom. The molecule has 12 heteroatoms. The van der Waals surface area contributed by atoms with E-state index in [4.69, 9.17) is 21.1 Å². The van der Waals surface area contributed by atoms with E-state index in [1.807, 2.05) is 4.83 Å². The second-order valence-electron chi connectivity index (χ2n) is 8.05. The van der Waals surface area contributed by atoms with Crippen molar-refractivity contribution in [2.24, 2.45) is 5.92 Å². The summed E-state index contributed by atoms with van der Waals surface area (Å²) in [5.74, 6) is -2.25. The molecule has 0 aliphatic carbocycles. The van der Waals surface area contributed by atoms with Gasteiger partial charge < -0.3 is 9.47 Å². The monoisotopic (exact) mass is 538 g/mol. The molecule has 1 aliphatic heterocycles. The number of hydrogen-bond donors (Lipinski definition) is 2. The van der Waals surface area contributed by atoms with Crippen LogP contribution in [-0.4, -0.2) is 31.3 Å². The highest BCUT2D eigenvalue weighted by Crippen LogP contribution is 2.33. The largest absolute Gasteiger partial charge is 0.489 e. The molecule has 3 aromatic carbocycles. The summed E-state index contributed by atoms with van der Waals surface area (Å²) in [5.41, 5.74) is 1.21. The van der Waals surface area contributed by atoms with Crippen molar-refractivity contribution in [2.45, 2.75) is 24.0 Å². The number of ether oxygens (including phenoxy) is 2. The lowest BCUT2D eigenvalue weighted by atomic mass is 10.00. The highest BCUT2D eigenvalue weighted by atomic mass is 35.5. The number of halogens is 3. The van der Waals surface area contributed by atoms with E-state index >= 15 is 0 Å². The average Bonchev–Trinajstić information content (AvgIpc) is 3.34. The topological polar surface area (TPSA) is 105 Å². The van der Waals surface area contributed by atoms with Crippen LogP contribution >= 0.6 is 11.6 Å². The lowest BCUT2D eigenvalue weighted by Crippen LogP contribution is -2.46. The lowest BCUT2D eigenvalue weighted by molar-refractivity contribution is -0.177. The zero-order chi connectivity index (χ0) is 25.9. The van der Waals surface area contributed by atoms with Crippen molar-refractivity contribution in [3.8, 4) is 5.75 Å². The third-order valence-corrected chi connectivity index (χ3v) is 7.21. The Balaban J connectivity index is 1.33. The molecule has 190 valence electrons. The molecule has 0 saturated carbocycles. The van der Waals surface area contributed by atoms with Crippen LogP contribution in [0.3, 0.4) is 0 Å². The van der Waals surface area contributed by atoms with Crippen LogP contribution in [0.15, 0.2) is 71.6 Å². The van der Waals surface area contributed by atoms with Crippen LogP contribution in [0.5, 0.6) is 5.75 Å². The molecule has 1 aliphatic rings. The molecule has 2 N–H and O–H groups in total. The van der Waals surface area contributed by atoms with Gasteiger partial charge in [-0.1, -0.05) is 34.6 Å². The molecular formula is C24H21ClF2N2O6S. The van der Waals surface area contributed by atoms with Gasteiger partial charge in [0.05, 0.1) is 28.5 Å². The molecule has 1 saturated heterocycles. The number of carbonyl (C=O) groups is 1. The number of hydrazine groups is 1. The second-order valence-corrected chi connectivity index (χ2v) is 10.1. The molecule has 0 spiro atoms. The Kier molecular flexibility index (Phi) is 7.86. The Hall–Kier alpha value is -3.09. The number of carbonyl (C=O) groups excluding carboxylic acids is 1. The van der Waals surface area contributed by atoms with Crippen LogP contribution < -0.4 is 9.57 Å². The SMILES string of the molecule is O=C(C1COC(c2ccc(F)cc2)C1)N(O)NS(=O)(=O)c1ccc(OCc2ccc(F)cc2Cl)cc1. The number of benzene rings is 3. The molecular weight excluding hydrogens is 518 g/mol. The smallest absolute Gasteiger partial charge is 0.267 e. The maximum Gasteiger partial charge on any atom is 0.267 e. The summed E-state index contributed by atoms with van der Waals surface area (Å²) in [6.07, 6.45) is -0.297. The summed E-state index contributed by atoms with van der Waals surface area (Å²) in [5, 5.41) is 10.2. The van der Waals surface area contributed by atoms with Gasteiger partial charge in [0, 0.05) is 5.56 Å². The molecule has 0 bridgehead atoms. The Morgan fingerprint density at radius 3 is 2.42 bits per heavy atom. The van der Waals surface area contributed by atoms with Gasteiger partial charge in [-0.15, -0.1) is 5.17 Å². The van der Waals surface area contributed by atoms with E-state index in [-0.39, 0.29) is 34.7 Å². The van der Waals surface area contributed by atoms with Gasteiger partial charge in [-0.3, -0.25) is 10.0 Å². The summed E-state index contributed by atoms with van der Waals surface area (Å²) >= 11 is 5.96. The first-order chi connectivity index (χ1) is 17.1. The van der Waals surface area contributed by atoms with E-state index in [0.29, 0.717) is 16.9 Å². The van der Waals surface area contributed by atoms with Crippen molar-refractivity contribution in [1.82, 2.24) is 10.0 Å². The molecule has 0 radical (unpaired) electrons. The van der Waals surface area contributed by atoms with Crippen LogP contribution in [0.1, 0.15) is 23.7 Å². The molecule has 36 heavy (non-hydrogen) atoms. The molecule has 1 fully saturated rings. The number of hydrogen-bond acceptors (Lipinski definition) is 6. The van der Waals surface area contributed by atoms with Crippen LogP contribution in [0.25, 0.3) is 0 Å². The average molecular weight is 539 g/mol. The Bertz CT molecular complexity index is 1340. The molecule has 3 aromatic rings. The third kappa shape index (κ3) is 6.18. The van der Waals surface area contributed by atoms with Crippen molar-refractivity contribution < 1.29 is 36.7 Å². The second kappa shape index (κ2) is 10.9. The maximum absolute atomic E-state index is 13.1. The third-order valence-electron chi connectivity index (χ3n) is 5.55. The summed E-state index contributed by atoms with van der Waals surface area (Å²) in [6.45, 7) is -0.00543. The summed E-state index contributed by atoms with van der Waals surface area (Å²) in [7, 11) is -4.30. The van der Waals surface area contributed by atoms with Crippen LogP contribution in [0.4, 0.5) is 8.78 Å². The maximum atomic E-state index is 13.1. The number of hydroxylamine groups is 1. The summed E-state index contributed by atoms with van der Waals surface area (Å²) < 4.78 is 62.6. The van der Waals surface area contributed by atoms with Crippen molar-refractivity contribution in [3.05, 3.63) is 94.5 Å². The van der Waals surface area contributed by atoms with Gasteiger partial charge in [0.1, 0.15) is 24.0 Å². The minimum Gasteiger partial charge on any atom is -0.489 e. The van der Waals surface area contributed by atoms with Crippen molar-refractivity contribution >= 4 is 27.5 Å². The minimum atomic E-state index is -4.30. The van der Waals surface area contributed by atoms with E-state index in [1.165, 1.54) is 60.7 Å². The minimum absolute atomic E-state index is 0.0325. The summed E-state index contributed by atoms with van der Waals surface area (Å²) in [4.78, 5) is 14.1. The quantitative estimate of drug-likeness (QED) is 0.326. The van der Waals surface area contributed by atoms with Crippen LogP contribution in [0.2, 0.25) is 5.02 Å². The van der Waals surface area contributed by atoms with Gasteiger partial charge in [-0.25, -0.2) is 17.2 Å². The van der Waals surface area contributed by atoms with Gasteiger partial charge >= 0.3 is 0 Å². The van der Waals surface area contributed by atoms with E-state index in [0.717, 1.165) is 6.07 Å². The Morgan fingerprint density at radius 2 is 1.75 bits per heavy atom. The first kappa shape index (κ1) is 26.0. The standard InChI is InChI=1S/C24H21ClF2N2O6S/c25-22-12-19(27)6-3-16(22)13-34-20-7-9-21(10-8-20)36(32,33)28-29(31)24(30)17-11-23(35-14-17)15-1-4-18(26)5-2-15/h1-10,12,17,23,28,31H,11,13-14H2. The predicted octanol–water partition coefficient (Wildman–Crippen LogP) is 4.39. The summed E-state index contributed by atoms with van der Waals surface area (Å²) in [6, 6.07) is 14.7. The molecule has 4 rings (SSSR count). The van der Waals surface area contributed by atoms with Gasteiger partial charge in [0.15, 0.2) is 0 Å². The van der Waals surface area contributed by atoms with Gasteiger partial charge in [0.2, 0.25) is 0 Å². The van der Waals surface area contributed by atoms with Crippen LogP contribution in [0, 0.1) is 17.6 Å². The van der Waals surface area contributed by atoms with Gasteiger partial charge in [-0.05, 0) is 60.5 Å². The number of amides is 1. The normalized spacial score (nSPS) is 17.7. The van der Waals surface area contributed by atoms with Crippen molar-refractivity contribution in [2.75, 3.05) is 6.61 Å². The first-order valence-electron chi connectivity index (χ1n) is 10.7. The van der Waals surface area contributed by atoms with E-state index < -0.39 is 39.6 Å². The molecule has 2 atom stereocenters. The van der Waals surface area contributed by atoms with Crippen molar-refractivity contribution in [3.63, 3.8) is 0 Å². The Labute approximate surface area is 211 Å². The van der Waals surface area contributed by atoms with E-state index in [2.05, 4.69) is 0 Å². The fraction of sp³-hybridized carbons (Fsp3) is 0.208. The number of rotatable bonds is 8. The zero-order valence-corrected chi connectivity index (χ0v) is 20.2. The van der Waals surface area contributed by atoms with Crippen molar-refractivity contribution in [1.29, 1.82) is 0 Å². The zero-order valence-electron chi connectivity index (χ0n) is 18.6. The van der Waals surface area contributed by atoms with E-state index in [9.17, 15) is 27.2 Å². The predicted molar refractivity (Wildman–Crippen MR) is 124 cm³/mol. The highest BCUT2D eigenvalue weighted by Gasteiger charge is 2.35. The number of nitrogens with one attached hydrogen (secondary N) is 1. The fourth-order valence-corrected chi connectivity index (χ4v) is 4.75. The molecule has 8 nitrogen and oxygen atoms in total. The molecule has 1 amide bonds. The first-order valence-corrected chi connectivity index (χ1v) is 12.6. The number of nitrogens with zero attached hydrogens (tertiary/aromatic N) is 1. The fourth-order valence-electron chi connectivity index (χ4n) is 3.61. The van der Waals surface area contributed by atoms with Gasteiger partial charge in [-0.2, -0.15) is 0 Å². The van der Waals surface area contributed by atoms with E-state index in [1.54, 1.807) is 0 Å². The van der Waals surface area contributed by atoms with Crippen LogP contribution in [-0.2, 0) is 26.2 Å². The molecule has 0 aromatic heterocycles. The van der Waals surface area contributed by atoms with Gasteiger partial charge in [0.25, 0.3) is 15.9 Å². The molecule has 1 heterocycles. The number of sulfonamides is 1. The molecule has 2 unspecified atom stereocenters. The lowest BCUT2D eigenvalue weighted by Gasteiger charge is -2.19.